The van der Waals surface area contributed by atoms with E-state index in [1.165, 1.54) is 32.4 Å². The molecule has 0 bridgehead atoms. The van der Waals surface area contributed by atoms with Crippen LogP contribution in [0.2, 0.25) is 0 Å². The number of carboxylic acids is 1. The van der Waals surface area contributed by atoms with Gasteiger partial charge in [0.2, 0.25) is 5.75 Å². The molecule has 1 heterocycles. The van der Waals surface area contributed by atoms with Crippen molar-refractivity contribution in [3.63, 3.8) is 0 Å². The molecule has 0 saturated carbocycles. The number of carboxylic acid groups (broad SMARTS) is 1. The van der Waals surface area contributed by atoms with Crippen molar-refractivity contribution in [1.82, 2.24) is 9.97 Å². The Kier molecular flexibility index (Phi) is 4.07. The first-order chi connectivity index (χ1) is 10.1. The Morgan fingerprint density at radius 1 is 1.24 bits per heavy atom. The van der Waals surface area contributed by atoms with Crippen LogP contribution in [0.25, 0.3) is 0 Å². The molecule has 0 aliphatic heterocycles. The zero-order valence-electron chi connectivity index (χ0n) is 11.2. The lowest BCUT2D eigenvalue weighted by Crippen LogP contribution is -2.12. The number of hydrogen-bond donors (Lipinski definition) is 2. The SMILES string of the molecule is COc1cccc(C(=O)O)c1Oc1nc[nH]c(=O)c1OC. The number of nitrogens with one attached hydrogen (secondary N) is 1. The summed E-state index contributed by atoms with van der Waals surface area (Å²) in [5, 5.41) is 9.19. The van der Waals surface area contributed by atoms with Crippen molar-refractivity contribution in [3.8, 4) is 23.1 Å². The number of ether oxygens (including phenoxy) is 3. The van der Waals surface area contributed by atoms with E-state index in [0.29, 0.717) is 0 Å². The number of carbonyl (C=O) groups is 1. The number of para-hydroxylation sites is 1. The Morgan fingerprint density at radius 3 is 2.62 bits per heavy atom. The topological polar surface area (TPSA) is 111 Å². The highest BCUT2D eigenvalue weighted by atomic mass is 16.5. The Hall–Kier alpha value is -3.03. The van der Waals surface area contributed by atoms with Crippen molar-refractivity contribution in [2.45, 2.75) is 0 Å². The second-order valence-electron chi connectivity index (χ2n) is 3.81. The molecule has 2 aromatic rings. The van der Waals surface area contributed by atoms with Crippen LogP contribution in [0.15, 0.2) is 29.3 Å². The van der Waals surface area contributed by atoms with Gasteiger partial charge in [0.15, 0.2) is 11.5 Å². The van der Waals surface area contributed by atoms with Crippen molar-refractivity contribution < 1.29 is 24.1 Å². The van der Waals surface area contributed by atoms with Crippen molar-refractivity contribution in [2.75, 3.05) is 14.2 Å². The van der Waals surface area contributed by atoms with Crippen LogP contribution in [0, 0.1) is 0 Å². The van der Waals surface area contributed by atoms with Gasteiger partial charge in [0.05, 0.1) is 20.5 Å². The second-order valence-corrected chi connectivity index (χ2v) is 3.81. The molecule has 0 spiro atoms. The quantitative estimate of drug-likeness (QED) is 0.853. The molecule has 8 heteroatoms. The van der Waals surface area contributed by atoms with Crippen LogP contribution in [-0.2, 0) is 0 Å². The highest BCUT2D eigenvalue weighted by Gasteiger charge is 2.20. The maximum Gasteiger partial charge on any atom is 0.339 e. The highest BCUT2D eigenvalue weighted by molar-refractivity contribution is 5.92. The van der Waals surface area contributed by atoms with Crippen molar-refractivity contribution >= 4 is 5.97 Å². The maximum atomic E-state index is 11.6. The molecule has 8 nitrogen and oxygen atoms in total. The molecule has 0 radical (unpaired) electrons. The summed E-state index contributed by atoms with van der Waals surface area (Å²) in [7, 11) is 2.65. The minimum Gasteiger partial charge on any atom is -0.493 e. The minimum absolute atomic E-state index is 0.0658. The van der Waals surface area contributed by atoms with E-state index in [9.17, 15) is 14.7 Å². The molecule has 21 heavy (non-hydrogen) atoms. The highest BCUT2D eigenvalue weighted by Crippen LogP contribution is 2.36. The number of aromatic nitrogens is 2. The zero-order chi connectivity index (χ0) is 15.4. The van der Waals surface area contributed by atoms with E-state index in [4.69, 9.17) is 14.2 Å². The van der Waals surface area contributed by atoms with Crippen molar-refractivity contribution in [2.24, 2.45) is 0 Å². The largest absolute Gasteiger partial charge is 0.493 e. The molecule has 0 fully saturated rings. The molecule has 2 N–H and O–H groups in total. The van der Waals surface area contributed by atoms with Crippen LogP contribution in [0.5, 0.6) is 23.1 Å². The van der Waals surface area contributed by atoms with Crippen molar-refractivity contribution in [3.05, 3.63) is 40.4 Å². The van der Waals surface area contributed by atoms with Gasteiger partial charge in [-0.1, -0.05) is 6.07 Å². The van der Waals surface area contributed by atoms with Gasteiger partial charge in [-0.3, -0.25) is 4.79 Å². The summed E-state index contributed by atoms with van der Waals surface area (Å²) in [5.41, 5.74) is -0.673. The predicted molar refractivity (Wildman–Crippen MR) is 71.4 cm³/mol. The summed E-state index contributed by atoms with van der Waals surface area (Å²) in [6.45, 7) is 0. The first kappa shape index (κ1) is 14.4. The van der Waals surface area contributed by atoms with E-state index in [-0.39, 0.29) is 28.7 Å². The minimum atomic E-state index is -1.20. The molecule has 1 aromatic heterocycles. The van der Waals surface area contributed by atoms with Gasteiger partial charge in [0.1, 0.15) is 5.56 Å². The number of hydrogen-bond acceptors (Lipinski definition) is 6. The van der Waals surface area contributed by atoms with Gasteiger partial charge in [-0.15, -0.1) is 0 Å². The summed E-state index contributed by atoms with van der Waals surface area (Å²) in [6.07, 6.45) is 1.12. The molecular weight excluding hydrogens is 280 g/mol. The molecule has 0 aliphatic rings. The number of nitrogens with zero attached hydrogens (tertiary/aromatic N) is 1. The van der Waals surface area contributed by atoms with Gasteiger partial charge in [-0.05, 0) is 12.1 Å². The number of H-pyrrole nitrogens is 1. The third-order valence-electron chi connectivity index (χ3n) is 2.61. The molecule has 1 aromatic carbocycles. The molecule has 110 valence electrons. The van der Waals surface area contributed by atoms with Crippen LogP contribution in [-0.4, -0.2) is 35.3 Å². The smallest absolute Gasteiger partial charge is 0.339 e. The number of aromatic amines is 1. The molecule has 0 aliphatic carbocycles. The lowest BCUT2D eigenvalue weighted by Gasteiger charge is -2.13. The lowest BCUT2D eigenvalue weighted by molar-refractivity contribution is 0.0693. The summed E-state index contributed by atoms with van der Waals surface area (Å²) in [6, 6.07) is 4.39. The van der Waals surface area contributed by atoms with E-state index >= 15 is 0 Å². The fourth-order valence-electron chi connectivity index (χ4n) is 1.67. The first-order valence-electron chi connectivity index (χ1n) is 5.78. The summed E-state index contributed by atoms with van der Waals surface area (Å²) < 4.78 is 15.4. The Labute approximate surface area is 118 Å². The van der Waals surface area contributed by atoms with Crippen LogP contribution < -0.4 is 19.8 Å². The van der Waals surface area contributed by atoms with E-state index in [1.54, 1.807) is 0 Å². The normalized spacial score (nSPS) is 10.0. The Balaban J connectivity index is 2.56. The monoisotopic (exact) mass is 292 g/mol. The second kappa shape index (κ2) is 5.95. The standard InChI is InChI=1S/C13H12N2O6/c1-19-8-5-3-4-7(13(17)18)9(8)21-12-10(20-2)11(16)14-6-15-12/h3-6H,1-2H3,(H,17,18)(H,14,15,16). The summed E-state index contributed by atoms with van der Waals surface area (Å²) >= 11 is 0. The number of methoxy groups -OCH3 is 2. The first-order valence-corrected chi connectivity index (χ1v) is 5.78. The van der Waals surface area contributed by atoms with Crippen LogP contribution in [0.4, 0.5) is 0 Å². The van der Waals surface area contributed by atoms with Gasteiger partial charge in [-0.2, -0.15) is 0 Å². The number of benzene rings is 1. The fourth-order valence-corrected chi connectivity index (χ4v) is 1.67. The molecular formula is C13H12N2O6. The molecule has 0 amide bonds. The van der Waals surface area contributed by atoms with Gasteiger partial charge in [-0.25, -0.2) is 9.78 Å². The van der Waals surface area contributed by atoms with E-state index in [0.717, 1.165) is 6.33 Å². The van der Waals surface area contributed by atoms with Crippen molar-refractivity contribution in [1.29, 1.82) is 0 Å². The maximum absolute atomic E-state index is 11.6. The molecule has 0 unspecified atom stereocenters. The van der Waals surface area contributed by atoms with Crippen LogP contribution in [0.3, 0.4) is 0 Å². The average Bonchev–Trinajstić information content (AvgIpc) is 2.47. The third kappa shape index (κ3) is 2.78. The molecule has 0 saturated heterocycles. The fraction of sp³-hybridized carbons (Fsp3) is 0.154. The molecule has 0 atom stereocenters. The van der Waals surface area contributed by atoms with Gasteiger partial charge < -0.3 is 24.3 Å². The summed E-state index contributed by atoms with van der Waals surface area (Å²) in [5.74, 6) is -1.40. The average molecular weight is 292 g/mol. The van der Waals surface area contributed by atoms with E-state index in [2.05, 4.69) is 9.97 Å². The van der Waals surface area contributed by atoms with Crippen LogP contribution >= 0.6 is 0 Å². The van der Waals surface area contributed by atoms with E-state index in [1.807, 2.05) is 0 Å². The summed E-state index contributed by atoms with van der Waals surface area (Å²) in [4.78, 5) is 29.0. The molecule has 2 rings (SSSR count). The zero-order valence-corrected chi connectivity index (χ0v) is 11.2. The van der Waals surface area contributed by atoms with Gasteiger partial charge in [0, 0.05) is 0 Å². The number of rotatable bonds is 5. The van der Waals surface area contributed by atoms with Crippen LogP contribution in [0.1, 0.15) is 10.4 Å². The Bertz CT molecular complexity index is 725. The van der Waals surface area contributed by atoms with E-state index < -0.39 is 11.5 Å². The Morgan fingerprint density at radius 2 is 2.00 bits per heavy atom. The van der Waals surface area contributed by atoms with Gasteiger partial charge >= 0.3 is 5.97 Å². The third-order valence-corrected chi connectivity index (χ3v) is 2.61. The predicted octanol–water partition coefficient (Wildman–Crippen LogP) is 1.28. The number of aromatic carboxylic acids is 1. The van der Waals surface area contributed by atoms with Gasteiger partial charge in [0.25, 0.3) is 11.4 Å². The lowest BCUT2D eigenvalue weighted by atomic mass is 10.2.